The van der Waals surface area contributed by atoms with Crippen LogP contribution in [0.25, 0.3) is 10.9 Å². The van der Waals surface area contributed by atoms with Crippen LogP contribution in [0, 0.1) is 0 Å². The van der Waals surface area contributed by atoms with Crippen LogP contribution in [-0.4, -0.2) is 58.0 Å². The summed E-state index contributed by atoms with van der Waals surface area (Å²) >= 11 is 0. The third-order valence-electron chi connectivity index (χ3n) is 6.40. The molecule has 0 amide bonds. The number of benzene rings is 1. The van der Waals surface area contributed by atoms with Crippen molar-refractivity contribution in [3.05, 3.63) is 59.7 Å². The summed E-state index contributed by atoms with van der Waals surface area (Å²) in [5, 5.41) is 4.16. The molecule has 10 heteroatoms. The van der Waals surface area contributed by atoms with Crippen molar-refractivity contribution in [2.75, 3.05) is 31.6 Å². The van der Waals surface area contributed by atoms with Crippen molar-refractivity contribution in [2.24, 2.45) is 0 Å². The van der Waals surface area contributed by atoms with Crippen LogP contribution in [0.4, 0.5) is 19.0 Å². The Morgan fingerprint density at radius 2 is 1.86 bits per heavy atom. The number of morpholine rings is 1. The highest BCUT2D eigenvalue weighted by atomic mass is 19.4. The lowest BCUT2D eigenvalue weighted by Crippen LogP contribution is -2.39. The maximum atomic E-state index is 13.3. The van der Waals surface area contributed by atoms with Crippen molar-refractivity contribution in [3.63, 3.8) is 0 Å². The van der Waals surface area contributed by atoms with Gasteiger partial charge in [0.05, 0.1) is 18.7 Å². The molecule has 0 radical (unpaired) electrons. The number of alkyl halides is 3. The normalized spacial score (nSPS) is 17.9. The number of hydrogen-bond donors (Lipinski definition) is 1. The van der Waals surface area contributed by atoms with Gasteiger partial charge in [-0.05, 0) is 37.5 Å². The summed E-state index contributed by atoms with van der Waals surface area (Å²) in [6.07, 6.45) is 0.786. The Morgan fingerprint density at radius 3 is 2.54 bits per heavy atom. The molecule has 1 atom stereocenters. The van der Waals surface area contributed by atoms with Crippen molar-refractivity contribution in [2.45, 2.75) is 43.9 Å². The number of aromatic nitrogens is 3. The SMILES string of the molecule is O=C(CC[C@H](c1cnc(C(F)(F)F)nc1)N1CCOCC1)c1cccc2nc(NC3CC3)ccc12. The first-order chi connectivity index (χ1) is 16.9. The molecule has 35 heavy (non-hydrogen) atoms. The number of nitrogens with zero attached hydrogens (tertiary/aromatic N) is 4. The van der Waals surface area contributed by atoms with E-state index >= 15 is 0 Å². The zero-order valence-corrected chi connectivity index (χ0v) is 19.1. The van der Waals surface area contributed by atoms with Gasteiger partial charge in [-0.3, -0.25) is 9.69 Å². The van der Waals surface area contributed by atoms with E-state index in [1.54, 1.807) is 6.07 Å². The second-order valence-electron chi connectivity index (χ2n) is 8.95. The number of hydrogen-bond acceptors (Lipinski definition) is 7. The van der Waals surface area contributed by atoms with Gasteiger partial charge in [-0.1, -0.05) is 12.1 Å². The van der Waals surface area contributed by atoms with Gasteiger partial charge in [0.2, 0.25) is 5.82 Å². The molecule has 3 aromatic rings. The summed E-state index contributed by atoms with van der Waals surface area (Å²) < 4.78 is 44.2. The Bertz CT molecular complexity index is 1190. The van der Waals surface area contributed by atoms with Gasteiger partial charge in [0.15, 0.2) is 5.78 Å². The van der Waals surface area contributed by atoms with Gasteiger partial charge >= 0.3 is 6.18 Å². The highest BCUT2D eigenvalue weighted by molar-refractivity contribution is 6.07. The fourth-order valence-corrected chi connectivity index (χ4v) is 4.42. The second kappa shape index (κ2) is 9.87. The quantitative estimate of drug-likeness (QED) is 0.465. The zero-order chi connectivity index (χ0) is 24.4. The van der Waals surface area contributed by atoms with E-state index in [4.69, 9.17) is 4.74 Å². The number of carbonyl (C=O) groups is 1. The van der Waals surface area contributed by atoms with E-state index in [1.807, 2.05) is 24.3 Å². The van der Waals surface area contributed by atoms with Crippen molar-refractivity contribution in [3.8, 4) is 0 Å². The molecule has 0 spiro atoms. The van der Waals surface area contributed by atoms with Crippen LogP contribution in [0.2, 0.25) is 0 Å². The summed E-state index contributed by atoms with van der Waals surface area (Å²) in [7, 11) is 0. The maximum absolute atomic E-state index is 13.3. The van der Waals surface area contributed by atoms with Gasteiger partial charge in [0, 0.05) is 60.5 Å². The number of anilines is 1. The lowest BCUT2D eigenvalue weighted by atomic mass is 9.96. The monoisotopic (exact) mass is 485 g/mol. The Kier molecular flexibility index (Phi) is 6.66. The third kappa shape index (κ3) is 5.59. The van der Waals surface area contributed by atoms with E-state index in [2.05, 4.69) is 25.2 Å². The molecule has 1 aromatic carbocycles. The molecule has 3 heterocycles. The maximum Gasteiger partial charge on any atom is 0.451 e. The molecular weight excluding hydrogens is 459 g/mol. The van der Waals surface area contributed by atoms with E-state index < -0.39 is 12.0 Å². The summed E-state index contributed by atoms with van der Waals surface area (Å²) in [5.74, 6) is -0.400. The summed E-state index contributed by atoms with van der Waals surface area (Å²) in [4.78, 5) is 27.1. The van der Waals surface area contributed by atoms with Gasteiger partial charge in [0.25, 0.3) is 0 Å². The number of ketones is 1. The number of carbonyl (C=O) groups excluding carboxylic acids is 1. The van der Waals surface area contributed by atoms with Crippen LogP contribution in [-0.2, 0) is 10.9 Å². The summed E-state index contributed by atoms with van der Waals surface area (Å²) in [5.41, 5.74) is 1.91. The Labute approximate surface area is 200 Å². The molecule has 2 aromatic heterocycles. The minimum atomic E-state index is -4.60. The van der Waals surface area contributed by atoms with Crippen LogP contribution in [0.3, 0.4) is 0 Å². The number of nitrogens with one attached hydrogen (secondary N) is 1. The average Bonchev–Trinajstić information content (AvgIpc) is 3.68. The fraction of sp³-hybridized carbons (Fsp3) is 0.440. The number of ether oxygens (including phenoxy) is 1. The van der Waals surface area contributed by atoms with Gasteiger partial charge in [-0.25, -0.2) is 15.0 Å². The molecule has 184 valence electrons. The number of fused-ring (bicyclic) bond motifs is 1. The van der Waals surface area contributed by atoms with Crippen molar-refractivity contribution in [1.29, 1.82) is 0 Å². The van der Waals surface area contributed by atoms with E-state index in [0.29, 0.717) is 49.9 Å². The van der Waals surface area contributed by atoms with Crippen LogP contribution >= 0.6 is 0 Å². The second-order valence-corrected chi connectivity index (χ2v) is 8.95. The molecule has 7 nitrogen and oxygen atoms in total. The van der Waals surface area contributed by atoms with Crippen LogP contribution in [0.5, 0.6) is 0 Å². The smallest absolute Gasteiger partial charge is 0.379 e. The van der Waals surface area contributed by atoms with Crippen LogP contribution in [0.1, 0.15) is 53.5 Å². The molecule has 2 fully saturated rings. The van der Waals surface area contributed by atoms with E-state index in [1.165, 1.54) is 12.4 Å². The zero-order valence-electron chi connectivity index (χ0n) is 19.1. The highest BCUT2D eigenvalue weighted by Gasteiger charge is 2.35. The summed E-state index contributed by atoms with van der Waals surface area (Å²) in [6, 6.07) is 9.53. The standard InChI is InChI=1S/C25H26F3N5O2/c26-25(27,28)24-29-14-16(15-30-24)21(33-10-12-35-13-11-33)7-8-22(34)19-2-1-3-20-18(19)6-9-23(32-20)31-17-4-5-17/h1-3,6,9,14-15,17,21H,4-5,7-8,10-13H2,(H,31,32)/t21-/m1/s1. The van der Waals surface area contributed by atoms with Crippen LogP contribution in [0.15, 0.2) is 42.7 Å². The topological polar surface area (TPSA) is 80.2 Å². The van der Waals surface area contributed by atoms with E-state index in [-0.39, 0.29) is 18.2 Å². The summed E-state index contributed by atoms with van der Waals surface area (Å²) in [6.45, 7) is 2.29. The van der Waals surface area contributed by atoms with Gasteiger partial charge in [-0.15, -0.1) is 0 Å². The fourth-order valence-electron chi connectivity index (χ4n) is 4.42. The van der Waals surface area contributed by atoms with Crippen molar-refractivity contribution in [1.82, 2.24) is 19.9 Å². The minimum Gasteiger partial charge on any atom is -0.379 e. The first-order valence-electron chi connectivity index (χ1n) is 11.8. The van der Waals surface area contributed by atoms with E-state index in [0.717, 1.165) is 29.6 Å². The Balaban J connectivity index is 1.34. The molecule has 2 aliphatic rings. The van der Waals surface area contributed by atoms with E-state index in [9.17, 15) is 18.0 Å². The van der Waals surface area contributed by atoms with Gasteiger partial charge in [-0.2, -0.15) is 13.2 Å². The molecule has 0 unspecified atom stereocenters. The predicted octanol–water partition coefficient (Wildman–Crippen LogP) is 4.65. The molecule has 1 aliphatic heterocycles. The molecule has 0 bridgehead atoms. The van der Waals surface area contributed by atoms with Crippen LogP contribution < -0.4 is 5.32 Å². The molecule has 5 rings (SSSR count). The molecule has 1 aliphatic carbocycles. The van der Waals surface area contributed by atoms with Crippen molar-refractivity contribution >= 4 is 22.5 Å². The van der Waals surface area contributed by atoms with Crippen molar-refractivity contribution < 1.29 is 22.7 Å². The predicted molar refractivity (Wildman–Crippen MR) is 124 cm³/mol. The minimum absolute atomic E-state index is 0.0357. The molecule has 1 N–H and O–H groups in total. The Morgan fingerprint density at radius 1 is 1.11 bits per heavy atom. The number of halogens is 3. The average molecular weight is 486 g/mol. The lowest BCUT2D eigenvalue weighted by Gasteiger charge is -2.34. The molecular formula is C25H26F3N5O2. The van der Waals surface area contributed by atoms with Gasteiger partial charge < -0.3 is 10.1 Å². The molecule has 1 saturated heterocycles. The number of pyridine rings is 1. The highest BCUT2D eigenvalue weighted by Crippen LogP contribution is 2.31. The largest absolute Gasteiger partial charge is 0.451 e. The Hall–Kier alpha value is -3.11. The van der Waals surface area contributed by atoms with Gasteiger partial charge in [0.1, 0.15) is 5.82 Å². The number of Topliss-reactive ketones (excluding diaryl/α,β-unsaturated/α-hetero) is 1. The first-order valence-corrected chi connectivity index (χ1v) is 11.8. The lowest BCUT2D eigenvalue weighted by molar-refractivity contribution is -0.145. The first kappa shape index (κ1) is 23.6. The third-order valence-corrected chi connectivity index (χ3v) is 6.40. The molecule has 1 saturated carbocycles. The number of rotatable bonds is 8.